The van der Waals surface area contributed by atoms with Crippen molar-refractivity contribution in [3.05, 3.63) is 24.8 Å². The van der Waals surface area contributed by atoms with Crippen LogP contribution < -0.4 is 0 Å². The van der Waals surface area contributed by atoms with Gasteiger partial charge >= 0.3 is 0 Å². The molecule has 0 fully saturated rings. The fraction of sp³-hybridized carbons (Fsp3) is 0.826. The van der Waals surface area contributed by atoms with Crippen molar-refractivity contribution in [1.29, 1.82) is 0 Å². The van der Waals surface area contributed by atoms with E-state index in [2.05, 4.69) is 59.4 Å². The van der Waals surface area contributed by atoms with Gasteiger partial charge < -0.3 is 0 Å². The maximum Gasteiger partial charge on any atom is -0.0202 e. The average molecular weight is 323 g/mol. The second-order valence-corrected chi connectivity index (χ2v) is 6.91. The first-order valence-corrected chi connectivity index (χ1v) is 10.5. The van der Waals surface area contributed by atoms with Gasteiger partial charge in [-0.2, -0.15) is 0 Å². The maximum atomic E-state index is 4.00. The molecule has 0 aliphatic heterocycles. The Hall–Kier alpha value is -0.520. The van der Waals surface area contributed by atoms with Crippen LogP contribution in [0.3, 0.4) is 0 Å². The molecule has 23 heavy (non-hydrogen) atoms. The summed E-state index contributed by atoms with van der Waals surface area (Å²) in [5.41, 5.74) is 0. The molecule has 0 saturated carbocycles. The van der Waals surface area contributed by atoms with Crippen molar-refractivity contribution in [2.24, 2.45) is 11.8 Å². The summed E-state index contributed by atoms with van der Waals surface area (Å²) in [6.45, 7) is 15.1. The minimum absolute atomic E-state index is 0.693. The van der Waals surface area contributed by atoms with E-state index in [9.17, 15) is 0 Å². The third-order valence-corrected chi connectivity index (χ3v) is 4.38. The first-order valence-electron chi connectivity index (χ1n) is 10.5. The molecule has 0 bridgehead atoms. The van der Waals surface area contributed by atoms with Crippen LogP contribution in [-0.4, -0.2) is 0 Å². The van der Waals surface area contributed by atoms with Gasteiger partial charge in [-0.25, -0.2) is 0 Å². The maximum absolute atomic E-state index is 4.00. The van der Waals surface area contributed by atoms with E-state index < -0.39 is 0 Å². The van der Waals surface area contributed by atoms with Gasteiger partial charge in [-0.3, -0.25) is 0 Å². The van der Waals surface area contributed by atoms with Crippen LogP contribution in [0.5, 0.6) is 0 Å². The molecule has 0 unspecified atom stereocenters. The second-order valence-electron chi connectivity index (χ2n) is 6.91. The van der Waals surface area contributed by atoms with E-state index in [4.69, 9.17) is 0 Å². The molecule has 138 valence electrons. The van der Waals surface area contributed by atoms with Crippen LogP contribution >= 0.6 is 0 Å². The summed E-state index contributed by atoms with van der Waals surface area (Å²) in [6.07, 6.45) is 22.9. The monoisotopic (exact) mass is 322 g/mol. The lowest BCUT2D eigenvalue weighted by molar-refractivity contribution is 0.455. The molecule has 0 aliphatic rings. The minimum Gasteiger partial charge on any atom is -0.103 e. The van der Waals surface area contributed by atoms with E-state index in [1.807, 2.05) is 0 Å². The Labute approximate surface area is 148 Å². The van der Waals surface area contributed by atoms with E-state index in [0.29, 0.717) is 5.92 Å². The highest BCUT2D eigenvalue weighted by molar-refractivity contribution is 4.90. The summed E-state index contributed by atoms with van der Waals surface area (Å²) in [5, 5.41) is 0. The summed E-state index contributed by atoms with van der Waals surface area (Å²) in [7, 11) is 0. The van der Waals surface area contributed by atoms with E-state index >= 15 is 0 Å². The molecule has 0 aromatic heterocycles. The summed E-state index contributed by atoms with van der Waals surface area (Å²) in [5.74, 6) is 1.59. The summed E-state index contributed by atoms with van der Waals surface area (Å²) in [4.78, 5) is 0. The molecule has 0 heterocycles. The van der Waals surface area contributed by atoms with Gasteiger partial charge in [-0.05, 0) is 31.1 Å². The largest absolute Gasteiger partial charge is 0.103 e. The van der Waals surface area contributed by atoms with Crippen LogP contribution in [-0.2, 0) is 0 Å². The number of unbranched alkanes of at least 4 members (excludes halogenated alkanes) is 4. The van der Waals surface area contributed by atoms with Crippen LogP contribution in [0, 0.1) is 11.8 Å². The van der Waals surface area contributed by atoms with Crippen LogP contribution in [0.15, 0.2) is 24.8 Å². The highest BCUT2D eigenvalue weighted by Crippen LogP contribution is 2.19. The van der Waals surface area contributed by atoms with Gasteiger partial charge in [0.2, 0.25) is 0 Å². The van der Waals surface area contributed by atoms with Gasteiger partial charge in [0.15, 0.2) is 0 Å². The quantitative estimate of drug-likeness (QED) is 0.221. The van der Waals surface area contributed by atoms with Crippen molar-refractivity contribution in [3.8, 4) is 0 Å². The fourth-order valence-corrected chi connectivity index (χ4v) is 2.71. The molecule has 0 aromatic carbocycles. The Morgan fingerprint density at radius 2 is 1.35 bits per heavy atom. The molecular formula is C23H46. The Morgan fingerprint density at radius 3 is 1.87 bits per heavy atom. The SMILES string of the molecule is C=C[C@@H](C/C=C/C[C@H](CC)CCCC)CCCCCC.CCC. The Bertz CT molecular complexity index is 238. The van der Waals surface area contributed by atoms with Crippen LogP contribution in [0.2, 0.25) is 0 Å². The topological polar surface area (TPSA) is 0 Å². The number of allylic oxidation sites excluding steroid dienone is 3. The van der Waals surface area contributed by atoms with Crippen molar-refractivity contribution in [1.82, 2.24) is 0 Å². The lowest BCUT2D eigenvalue weighted by atomic mass is 9.94. The van der Waals surface area contributed by atoms with E-state index in [0.717, 1.165) is 5.92 Å². The molecule has 0 N–H and O–H groups in total. The summed E-state index contributed by atoms with van der Waals surface area (Å²) in [6, 6.07) is 0. The fourth-order valence-electron chi connectivity index (χ4n) is 2.71. The van der Waals surface area contributed by atoms with Gasteiger partial charge in [-0.15, -0.1) is 6.58 Å². The smallest absolute Gasteiger partial charge is 0.0202 e. The van der Waals surface area contributed by atoms with Crippen molar-refractivity contribution < 1.29 is 0 Å². The molecule has 0 nitrogen and oxygen atoms in total. The number of rotatable bonds is 14. The highest BCUT2D eigenvalue weighted by Gasteiger charge is 2.04. The van der Waals surface area contributed by atoms with Gasteiger partial charge in [0.25, 0.3) is 0 Å². The Balaban J connectivity index is 0. The van der Waals surface area contributed by atoms with E-state index in [1.54, 1.807) is 0 Å². The second kappa shape index (κ2) is 21.5. The van der Waals surface area contributed by atoms with E-state index in [-0.39, 0.29) is 0 Å². The molecule has 0 heteroatoms. The van der Waals surface area contributed by atoms with Gasteiger partial charge in [0.1, 0.15) is 0 Å². The van der Waals surface area contributed by atoms with Crippen LogP contribution in [0.4, 0.5) is 0 Å². The zero-order chi connectivity index (χ0) is 17.8. The third-order valence-electron chi connectivity index (χ3n) is 4.38. The average Bonchev–Trinajstić information content (AvgIpc) is 2.56. The molecular weight excluding hydrogens is 276 g/mol. The minimum atomic E-state index is 0.693. The third kappa shape index (κ3) is 19.4. The van der Waals surface area contributed by atoms with Gasteiger partial charge in [0, 0.05) is 0 Å². The number of hydrogen-bond acceptors (Lipinski definition) is 0. The molecule has 0 aliphatic carbocycles. The lowest BCUT2D eigenvalue weighted by Gasteiger charge is -2.12. The molecule has 0 spiro atoms. The zero-order valence-electron chi connectivity index (χ0n) is 17.1. The van der Waals surface area contributed by atoms with Crippen molar-refractivity contribution in [2.75, 3.05) is 0 Å². The molecule has 2 atom stereocenters. The molecule has 0 rings (SSSR count). The van der Waals surface area contributed by atoms with Crippen molar-refractivity contribution >= 4 is 0 Å². The normalized spacial score (nSPS) is 13.4. The first kappa shape index (κ1) is 24.7. The molecule has 0 amide bonds. The van der Waals surface area contributed by atoms with Gasteiger partial charge in [-0.1, -0.05) is 111 Å². The van der Waals surface area contributed by atoms with Crippen molar-refractivity contribution in [3.63, 3.8) is 0 Å². The lowest BCUT2D eigenvalue weighted by Crippen LogP contribution is -1.97. The highest BCUT2D eigenvalue weighted by atomic mass is 14.1. The first-order chi connectivity index (χ1) is 11.2. The number of hydrogen-bond donors (Lipinski definition) is 0. The molecule has 0 radical (unpaired) electrons. The van der Waals surface area contributed by atoms with Crippen LogP contribution in [0.1, 0.15) is 112 Å². The Kier molecular flexibility index (Phi) is 23.1. The predicted molar refractivity (Wildman–Crippen MR) is 110 cm³/mol. The molecule has 0 aromatic rings. The zero-order valence-corrected chi connectivity index (χ0v) is 17.1. The van der Waals surface area contributed by atoms with E-state index in [1.165, 1.54) is 77.0 Å². The standard InChI is InChI=1S/C20H38.C3H8/c1-5-9-11-12-16-20(8-4)18-14-13-17-19(7-3)15-10-6-2;1-3-2/h8,13-14,19-20H,4-7,9-12,15-18H2,1-3H3;3H2,1-2H3/b14-13+;/t19-,20-;/m1./s1. The van der Waals surface area contributed by atoms with Gasteiger partial charge in [0.05, 0.1) is 0 Å². The summed E-state index contributed by atoms with van der Waals surface area (Å²) >= 11 is 0. The van der Waals surface area contributed by atoms with Crippen LogP contribution in [0.25, 0.3) is 0 Å². The molecule has 0 saturated heterocycles. The predicted octanol–water partition coefficient (Wildman–Crippen LogP) is 8.73. The Morgan fingerprint density at radius 1 is 0.739 bits per heavy atom. The summed E-state index contributed by atoms with van der Waals surface area (Å²) < 4.78 is 0. The van der Waals surface area contributed by atoms with Crippen molar-refractivity contribution in [2.45, 2.75) is 112 Å².